The molecule has 1 aromatic heterocycles. The summed E-state index contributed by atoms with van der Waals surface area (Å²) in [6.45, 7) is 1.67. The van der Waals surface area contributed by atoms with Crippen LogP contribution in [-0.2, 0) is 4.79 Å². The van der Waals surface area contributed by atoms with Gasteiger partial charge in [-0.1, -0.05) is 11.8 Å². The Labute approximate surface area is 247 Å². The van der Waals surface area contributed by atoms with Gasteiger partial charge in [0.25, 0.3) is 0 Å². The van der Waals surface area contributed by atoms with E-state index >= 15 is 0 Å². The van der Waals surface area contributed by atoms with Gasteiger partial charge >= 0.3 is 12.4 Å². The lowest BCUT2D eigenvalue weighted by molar-refractivity contribution is -0.274. The summed E-state index contributed by atoms with van der Waals surface area (Å²) < 4.78 is 53.2. The summed E-state index contributed by atoms with van der Waals surface area (Å²) in [7, 11) is 1.56. The number of amidine groups is 1. The number of alkyl halides is 3. The molecule has 0 aliphatic carbocycles. The highest BCUT2D eigenvalue weighted by atomic mass is 32.2. The first kappa shape index (κ1) is 29.4. The smallest absolute Gasteiger partial charge is 0.497 e. The van der Waals surface area contributed by atoms with Gasteiger partial charge in [-0.15, -0.1) is 18.3 Å². The van der Waals surface area contributed by atoms with E-state index in [1.165, 1.54) is 51.9 Å². The molecule has 5 rings (SSSR count). The van der Waals surface area contributed by atoms with Crippen LogP contribution in [0.3, 0.4) is 0 Å². The largest absolute Gasteiger partial charge is 0.573 e. The standard InChI is InChI=1S/C28H23F3N6O5S/c1-17-13-22(40-2)11-12-23(17)37-24(38)14-43-27(37)34-26(39)33-16-41-20-7-3-18(4-8-20)25-32-15-36(35-25)19-5-9-21(10-6-19)42-28(29,30)31/h3-13,15H,14,16H2,1-2H3,(H,33,39). The Morgan fingerprint density at radius 2 is 1.74 bits per heavy atom. The number of hydrogen-bond donors (Lipinski definition) is 1. The van der Waals surface area contributed by atoms with Crippen molar-refractivity contribution in [1.82, 2.24) is 20.1 Å². The van der Waals surface area contributed by atoms with E-state index in [-0.39, 0.29) is 29.3 Å². The van der Waals surface area contributed by atoms with Gasteiger partial charge in [0.15, 0.2) is 17.7 Å². The quantitative estimate of drug-likeness (QED) is 0.265. The first-order valence-corrected chi connectivity index (χ1v) is 13.6. The Bertz CT molecular complexity index is 1660. The van der Waals surface area contributed by atoms with E-state index in [1.807, 2.05) is 6.92 Å². The number of thioether (sulfide) groups is 1. The summed E-state index contributed by atoms with van der Waals surface area (Å²) in [4.78, 5) is 34.7. The van der Waals surface area contributed by atoms with Crippen LogP contribution in [0.25, 0.3) is 17.1 Å². The molecular formula is C28H23F3N6O5S. The topological polar surface area (TPSA) is 120 Å². The van der Waals surface area contributed by atoms with Gasteiger partial charge in [-0.3, -0.25) is 9.69 Å². The maximum absolute atomic E-state index is 12.5. The number of hydrogen-bond acceptors (Lipinski definition) is 8. The highest BCUT2D eigenvalue weighted by molar-refractivity contribution is 8.15. The lowest BCUT2D eigenvalue weighted by atomic mass is 10.1. The number of amides is 3. The molecule has 1 N–H and O–H groups in total. The van der Waals surface area contributed by atoms with E-state index in [9.17, 15) is 22.8 Å². The van der Waals surface area contributed by atoms with E-state index < -0.39 is 12.4 Å². The minimum Gasteiger partial charge on any atom is -0.497 e. The summed E-state index contributed by atoms with van der Waals surface area (Å²) in [5, 5.41) is 7.16. The van der Waals surface area contributed by atoms with E-state index in [0.717, 1.165) is 5.56 Å². The van der Waals surface area contributed by atoms with Crippen molar-refractivity contribution in [3.8, 4) is 34.3 Å². The maximum Gasteiger partial charge on any atom is 0.573 e. The number of carbonyl (C=O) groups excluding carboxylic acids is 2. The number of anilines is 1. The molecule has 1 aliphatic rings. The zero-order chi connectivity index (χ0) is 30.6. The number of ether oxygens (including phenoxy) is 3. The van der Waals surface area contributed by atoms with Crippen LogP contribution in [0.4, 0.5) is 23.7 Å². The number of benzene rings is 3. The first-order chi connectivity index (χ1) is 20.6. The van der Waals surface area contributed by atoms with Gasteiger partial charge in [0.2, 0.25) is 5.91 Å². The molecule has 0 unspecified atom stereocenters. The van der Waals surface area contributed by atoms with Crippen LogP contribution in [0, 0.1) is 6.92 Å². The Kier molecular flexibility index (Phi) is 8.52. The molecule has 1 fully saturated rings. The van der Waals surface area contributed by atoms with Gasteiger partial charge in [-0.25, -0.2) is 14.5 Å². The lowest BCUT2D eigenvalue weighted by Crippen LogP contribution is -2.32. The average Bonchev–Trinajstić information content (AvgIpc) is 3.60. The third-order valence-corrected chi connectivity index (χ3v) is 6.93. The van der Waals surface area contributed by atoms with Crippen LogP contribution in [0.1, 0.15) is 5.56 Å². The van der Waals surface area contributed by atoms with E-state index in [4.69, 9.17) is 9.47 Å². The highest BCUT2D eigenvalue weighted by Gasteiger charge is 2.32. The van der Waals surface area contributed by atoms with Gasteiger partial charge < -0.3 is 19.5 Å². The van der Waals surface area contributed by atoms with Gasteiger partial charge in [0, 0.05) is 5.56 Å². The monoisotopic (exact) mass is 612 g/mol. The third-order valence-electron chi connectivity index (χ3n) is 6.01. The van der Waals surface area contributed by atoms with Crippen molar-refractivity contribution in [2.45, 2.75) is 13.3 Å². The molecule has 0 bridgehead atoms. The van der Waals surface area contributed by atoms with Gasteiger partial charge in [-0.05, 0) is 79.2 Å². The van der Waals surface area contributed by atoms with E-state index in [0.29, 0.717) is 34.3 Å². The minimum absolute atomic E-state index is 0.163. The molecule has 0 atom stereocenters. The number of carbonyl (C=O) groups is 2. The molecule has 222 valence electrons. The molecule has 15 heteroatoms. The number of methoxy groups -OCH3 is 1. The maximum atomic E-state index is 12.5. The van der Waals surface area contributed by atoms with Gasteiger partial charge in [0.05, 0.1) is 24.2 Å². The predicted octanol–water partition coefficient (Wildman–Crippen LogP) is 5.33. The third kappa shape index (κ3) is 7.24. The highest BCUT2D eigenvalue weighted by Crippen LogP contribution is 2.31. The number of aliphatic imine (C=N–C) groups is 1. The van der Waals surface area contributed by atoms with Crippen LogP contribution >= 0.6 is 11.8 Å². The number of urea groups is 1. The van der Waals surface area contributed by atoms with Gasteiger partial charge in [0.1, 0.15) is 23.6 Å². The Balaban J connectivity index is 1.16. The molecule has 3 aromatic carbocycles. The van der Waals surface area contributed by atoms with Gasteiger partial charge in [-0.2, -0.15) is 4.99 Å². The summed E-state index contributed by atoms with van der Waals surface area (Å²) in [6.07, 6.45) is -3.34. The van der Waals surface area contributed by atoms with Crippen LogP contribution < -0.4 is 24.4 Å². The number of aryl methyl sites for hydroxylation is 1. The number of rotatable bonds is 8. The van der Waals surface area contributed by atoms with Crippen molar-refractivity contribution in [3.05, 3.63) is 78.6 Å². The average molecular weight is 613 g/mol. The van der Waals surface area contributed by atoms with Crippen LogP contribution in [0.2, 0.25) is 0 Å². The van der Waals surface area contributed by atoms with Crippen molar-refractivity contribution in [2.24, 2.45) is 4.99 Å². The number of halogens is 3. The number of nitrogens with one attached hydrogen (secondary N) is 1. The normalized spacial score (nSPS) is 14.2. The molecule has 11 nitrogen and oxygen atoms in total. The fourth-order valence-corrected chi connectivity index (χ4v) is 4.87. The molecule has 1 saturated heterocycles. The molecule has 0 radical (unpaired) electrons. The Morgan fingerprint density at radius 1 is 1.05 bits per heavy atom. The second-order valence-corrected chi connectivity index (χ2v) is 9.86. The lowest BCUT2D eigenvalue weighted by Gasteiger charge is -2.19. The predicted molar refractivity (Wildman–Crippen MR) is 153 cm³/mol. The first-order valence-electron chi connectivity index (χ1n) is 12.6. The SMILES string of the molecule is COc1ccc(N2C(=O)CSC2=NC(=O)NCOc2ccc(-c3ncn(-c4ccc(OC(F)(F)F)cc4)n3)cc2)c(C)c1. The van der Waals surface area contributed by atoms with Crippen molar-refractivity contribution in [1.29, 1.82) is 0 Å². The summed E-state index contributed by atoms with van der Waals surface area (Å²) in [5.41, 5.74) is 2.57. The second kappa shape index (κ2) is 12.4. The fourth-order valence-electron chi connectivity index (χ4n) is 4.02. The minimum atomic E-state index is -4.77. The molecule has 3 amide bonds. The Hall–Kier alpha value is -5.05. The molecule has 0 saturated carbocycles. The number of nitrogens with zero attached hydrogens (tertiary/aromatic N) is 5. The molecular weight excluding hydrogens is 589 g/mol. The van der Waals surface area contributed by atoms with Crippen LogP contribution in [0.5, 0.6) is 17.2 Å². The van der Waals surface area contributed by atoms with Crippen molar-refractivity contribution >= 4 is 34.6 Å². The van der Waals surface area contributed by atoms with Crippen molar-refractivity contribution in [2.75, 3.05) is 24.5 Å². The zero-order valence-electron chi connectivity index (χ0n) is 22.7. The molecule has 1 aliphatic heterocycles. The summed E-state index contributed by atoms with van der Waals surface area (Å²) in [5.74, 6) is 1.13. The summed E-state index contributed by atoms with van der Waals surface area (Å²) in [6, 6.07) is 16.6. The van der Waals surface area contributed by atoms with E-state index in [2.05, 4.69) is 25.1 Å². The van der Waals surface area contributed by atoms with Crippen molar-refractivity contribution < 1.29 is 37.0 Å². The zero-order valence-corrected chi connectivity index (χ0v) is 23.5. The van der Waals surface area contributed by atoms with E-state index in [1.54, 1.807) is 49.6 Å². The van der Waals surface area contributed by atoms with Crippen LogP contribution in [-0.4, -0.2) is 57.8 Å². The van der Waals surface area contributed by atoms with Crippen LogP contribution in [0.15, 0.2) is 78.0 Å². The Morgan fingerprint density at radius 3 is 2.42 bits per heavy atom. The fraction of sp³-hybridized carbons (Fsp3) is 0.179. The molecule has 0 spiro atoms. The van der Waals surface area contributed by atoms with Crippen molar-refractivity contribution in [3.63, 3.8) is 0 Å². The molecule has 2 heterocycles. The molecule has 43 heavy (non-hydrogen) atoms. The molecule has 4 aromatic rings. The summed E-state index contributed by atoms with van der Waals surface area (Å²) >= 11 is 1.17. The number of aromatic nitrogens is 3. The second-order valence-electron chi connectivity index (χ2n) is 8.91.